The molecule has 2 heterocycles. The molecule has 11 heteroatoms. The van der Waals surface area contributed by atoms with Gasteiger partial charge in [-0.2, -0.15) is 8.42 Å². The number of anilines is 1. The van der Waals surface area contributed by atoms with E-state index in [2.05, 4.69) is 37.2 Å². The molecule has 2 aliphatic heterocycles. The van der Waals surface area contributed by atoms with Crippen LogP contribution in [0.3, 0.4) is 0 Å². The number of ether oxygens (including phenoxy) is 3. The van der Waals surface area contributed by atoms with Crippen molar-refractivity contribution in [2.75, 3.05) is 45.3 Å². The summed E-state index contributed by atoms with van der Waals surface area (Å²) in [5.41, 5.74) is 4.15. The molecule has 2 aromatic rings. The molecular formula is C28H37N5O5S. The molecule has 39 heavy (non-hydrogen) atoms. The van der Waals surface area contributed by atoms with Crippen LogP contribution in [0.1, 0.15) is 55.8 Å². The molecular weight excluding hydrogens is 518 g/mol. The lowest BCUT2D eigenvalue weighted by Gasteiger charge is -2.34. The van der Waals surface area contributed by atoms with Gasteiger partial charge < -0.3 is 24.4 Å². The Labute approximate surface area is 230 Å². The van der Waals surface area contributed by atoms with E-state index in [1.807, 2.05) is 0 Å². The van der Waals surface area contributed by atoms with Crippen molar-refractivity contribution in [3.8, 4) is 11.5 Å². The molecule has 1 N–H and O–H groups in total. The molecule has 5 rings (SSSR count). The van der Waals surface area contributed by atoms with Gasteiger partial charge in [0.05, 0.1) is 13.2 Å². The molecule has 0 radical (unpaired) electrons. The van der Waals surface area contributed by atoms with Gasteiger partial charge in [-0.25, -0.2) is 0 Å². The summed E-state index contributed by atoms with van der Waals surface area (Å²) in [6.45, 7) is 3.32. The number of piperidine rings is 1. The minimum atomic E-state index is -4.07. The molecule has 0 amide bonds. The highest BCUT2D eigenvalue weighted by Gasteiger charge is 2.27. The lowest BCUT2D eigenvalue weighted by Crippen LogP contribution is -2.47. The van der Waals surface area contributed by atoms with Crippen LogP contribution in [0, 0.1) is 0 Å². The molecule has 0 aromatic heterocycles. The molecule has 210 valence electrons. The normalized spacial score (nSPS) is 20.5. The van der Waals surface area contributed by atoms with Crippen molar-refractivity contribution in [3.63, 3.8) is 0 Å². The Morgan fingerprint density at radius 1 is 1.00 bits per heavy atom. The van der Waals surface area contributed by atoms with Gasteiger partial charge in [-0.3, -0.25) is 4.90 Å². The maximum Gasteiger partial charge on any atom is 0.370 e. The third-order valence-corrected chi connectivity index (χ3v) is 8.11. The summed E-state index contributed by atoms with van der Waals surface area (Å²) in [5, 5.41) is 3.10. The third-order valence-electron chi connectivity index (χ3n) is 7.32. The number of methoxy groups -OCH3 is 1. The van der Waals surface area contributed by atoms with Crippen molar-refractivity contribution in [1.29, 1.82) is 0 Å². The van der Waals surface area contributed by atoms with E-state index in [1.165, 1.54) is 41.0 Å². The monoisotopic (exact) mass is 555 g/mol. The number of amidine groups is 1. The summed E-state index contributed by atoms with van der Waals surface area (Å²) in [7, 11) is -0.845. The average Bonchev–Trinajstić information content (AvgIpc) is 2.95. The number of fused-ring (bicyclic) bond motifs is 1. The summed E-state index contributed by atoms with van der Waals surface area (Å²) >= 11 is 0. The molecule has 3 aliphatic rings. The Kier molecular flexibility index (Phi) is 8.56. The number of hydrogen-bond acceptors (Lipinski definition) is 8. The van der Waals surface area contributed by atoms with Crippen LogP contribution >= 0.6 is 0 Å². The minimum absolute atomic E-state index is 0.0859. The molecule has 1 saturated heterocycles. The van der Waals surface area contributed by atoms with Gasteiger partial charge in [-0.05, 0) is 86.4 Å². The van der Waals surface area contributed by atoms with Crippen LogP contribution in [-0.4, -0.2) is 65.7 Å². The maximum atomic E-state index is 12.3. The van der Waals surface area contributed by atoms with Gasteiger partial charge in [0.15, 0.2) is 0 Å². The fourth-order valence-corrected chi connectivity index (χ4v) is 6.12. The van der Waals surface area contributed by atoms with Gasteiger partial charge in [-0.15, -0.1) is 4.40 Å². The third kappa shape index (κ3) is 6.65. The molecule has 1 unspecified atom stereocenters. The zero-order chi connectivity index (χ0) is 27.2. The number of nitrogens with zero attached hydrogens (tertiary/aromatic N) is 4. The number of nitrogens with one attached hydrogen (secondary N) is 1. The molecule has 1 atom stereocenters. The predicted octanol–water partition coefficient (Wildman–Crippen LogP) is 4.04. The number of guanidine groups is 1. The number of benzene rings is 2. The van der Waals surface area contributed by atoms with Gasteiger partial charge >= 0.3 is 16.2 Å². The van der Waals surface area contributed by atoms with Crippen molar-refractivity contribution in [2.45, 2.75) is 51.0 Å². The van der Waals surface area contributed by atoms with Crippen molar-refractivity contribution < 1.29 is 22.6 Å². The van der Waals surface area contributed by atoms with Crippen LogP contribution < -0.4 is 19.7 Å². The standard InChI is InChI=1S/C28H37N5O5S/c1-32-27(30-39(34,35)31-28(32)38-22-15-13-21(36-2)14-16-22)29-17-8-20-37-26-12-7-9-23-24(26)10-6-11-25(23)33-18-4-3-5-19-33/h6,10-11,13-16,26H,3-5,7-9,12,17-20H2,1-2H3,(H,29,30). The van der Waals surface area contributed by atoms with Crippen LogP contribution in [0.4, 0.5) is 5.69 Å². The van der Waals surface area contributed by atoms with Crippen LogP contribution in [0.25, 0.3) is 0 Å². The first-order chi connectivity index (χ1) is 18.9. The fourth-order valence-electron chi connectivity index (χ4n) is 5.32. The first-order valence-electron chi connectivity index (χ1n) is 13.7. The molecule has 2 aromatic carbocycles. The Bertz CT molecular complexity index is 1310. The summed E-state index contributed by atoms with van der Waals surface area (Å²) < 4.78 is 49.2. The summed E-state index contributed by atoms with van der Waals surface area (Å²) in [6.07, 6.45) is 7.87. The average molecular weight is 556 g/mol. The zero-order valence-electron chi connectivity index (χ0n) is 22.6. The van der Waals surface area contributed by atoms with Gasteiger partial charge in [0.2, 0.25) is 5.96 Å². The lowest BCUT2D eigenvalue weighted by molar-refractivity contribution is 0.0398. The minimum Gasteiger partial charge on any atom is -0.497 e. The van der Waals surface area contributed by atoms with Crippen LogP contribution in [0.2, 0.25) is 0 Å². The molecule has 0 saturated carbocycles. The van der Waals surface area contributed by atoms with Crippen molar-refractivity contribution in [3.05, 3.63) is 53.6 Å². The zero-order valence-corrected chi connectivity index (χ0v) is 23.5. The highest BCUT2D eigenvalue weighted by atomic mass is 32.2. The van der Waals surface area contributed by atoms with Crippen LogP contribution in [0.15, 0.2) is 51.3 Å². The van der Waals surface area contributed by atoms with Crippen molar-refractivity contribution in [1.82, 2.24) is 10.2 Å². The van der Waals surface area contributed by atoms with E-state index in [1.54, 1.807) is 38.4 Å². The number of hydrogen-bond donors (Lipinski definition) is 1. The largest absolute Gasteiger partial charge is 0.497 e. The Balaban J connectivity index is 1.14. The Morgan fingerprint density at radius 2 is 1.77 bits per heavy atom. The number of rotatable bonds is 8. The van der Waals surface area contributed by atoms with E-state index in [9.17, 15) is 8.42 Å². The Hall–Kier alpha value is -3.31. The van der Waals surface area contributed by atoms with E-state index in [0.717, 1.165) is 32.4 Å². The van der Waals surface area contributed by atoms with Crippen molar-refractivity contribution in [2.24, 2.45) is 8.80 Å². The first kappa shape index (κ1) is 27.3. The second-order valence-corrected chi connectivity index (χ2v) is 11.3. The van der Waals surface area contributed by atoms with E-state index in [-0.39, 0.29) is 18.1 Å². The lowest BCUT2D eigenvalue weighted by atomic mass is 9.87. The van der Waals surface area contributed by atoms with Crippen molar-refractivity contribution >= 4 is 27.9 Å². The molecule has 0 bridgehead atoms. The SMILES string of the molecule is COc1ccc(OC2=NS(=O)(=O)N=C(NCCCOC3CCCc4c3cccc4N3CCCCC3)N2C)cc1. The predicted molar refractivity (Wildman–Crippen MR) is 152 cm³/mol. The molecule has 1 fully saturated rings. The van der Waals surface area contributed by atoms with Gasteiger partial charge in [0.25, 0.3) is 0 Å². The topological polar surface area (TPSA) is 105 Å². The van der Waals surface area contributed by atoms with Crippen LogP contribution in [0.5, 0.6) is 11.5 Å². The highest BCUT2D eigenvalue weighted by Crippen LogP contribution is 2.38. The first-order valence-corrected chi connectivity index (χ1v) is 15.1. The van der Waals surface area contributed by atoms with Gasteiger partial charge in [0.1, 0.15) is 11.5 Å². The summed E-state index contributed by atoms with van der Waals surface area (Å²) in [5.74, 6) is 1.25. The van der Waals surface area contributed by atoms with E-state index < -0.39 is 10.2 Å². The summed E-state index contributed by atoms with van der Waals surface area (Å²) in [6, 6.07) is 13.4. The van der Waals surface area contributed by atoms with E-state index in [4.69, 9.17) is 14.2 Å². The summed E-state index contributed by atoms with van der Waals surface area (Å²) in [4.78, 5) is 4.02. The van der Waals surface area contributed by atoms with E-state index >= 15 is 0 Å². The Morgan fingerprint density at radius 3 is 2.54 bits per heavy atom. The van der Waals surface area contributed by atoms with E-state index in [0.29, 0.717) is 31.1 Å². The van der Waals surface area contributed by atoms with Crippen LogP contribution in [-0.2, 0) is 21.4 Å². The second-order valence-electron chi connectivity index (χ2n) is 10.00. The van der Waals surface area contributed by atoms with Gasteiger partial charge in [0, 0.05) is 39.0 Å². The highest BCUT2D eigenvalue weighted by molar-refractivity contribution is 7.89. The molecule has 0 spiro atoms. The maximum absolute atomic E-state index is 12.3. The quantitative estimate of drug-likeness (QED) is 0.487. The smallest absolute Gasteiger partial charge is 0.370 e. The second kappa shape index (κ2) is 12.3. The fraction of sp³-hybridized carbons (Fsp3) is 0.500. The van der Waals surface area contributed by atoms with Gasteiger partial charge in [-0.1, -0.05) is 16.5 Å². The molecule has 10 nitrogen and oxygen atoms in total. The molecule has 1 aliphatic carbocycles.